The maximum Gasteiger partial charge on any atom is 0.248 e. The first-order valence-corrected chi connectivity index (χ1v) is 4.65. The third kappa shape index (κ3) is 3.57. The van der Waals surface area contributed by atoms with Gasteiger partial charge in [-0.25, -0.2) is 0 Å². The average Bonchev–Trinajstić information content (AvgIpc) is 2.26. The topological polar surface area (TPSA) is 101 Å². The van der Waals surface area contributed by atoms with Gasteiger partial charge in [0, 0.05) is 24.3 Å². The molecule has 6 N–H and O–H groups in total. The second-order valence-corrected chi connectivity index (χ2v) is 3.21. The molecule has 0 saturated heterocycles. The van der Waals surface area contributed by atoms with Gasteiger partial charge in [0.1, 0.15) is 0 Å². The van der Waals surface area contributed by atoms with Crippen LogP contribution in [-0.4, -0.2) is 30.2 Å². The second kappa shape index (κ2) is 5.33. The Labute approximate surface area is 88.1 Å². The molecule has 0 aromatic heterocycles. The highest BCUT2D eigenvalue weighted by Gasteiger charge is 2.02. The number of carbonyl (C=O) groups is 1. The number of aliphatic hydroxyl groups excluding tert-OH is 1. The van der Waals surface area contributed by atoms with Crippen LogP contribution < -0.4 is 16.8 Å². The van der Waals surface area contributed by atoms with Crippen molar-refractivity contribution in [2.45, 2.75) is 6.10 Å². The van der Waals surface area contributed by atoms with Gasteiger partial charge in [0.25, 0.3) is 0 Å². The lowest BCUT2D eigenvalue weighted by molar-refractivity contribution is 0.100. The number of aliphatic hydroxyl groups is 1. The van der Waals surface area contributed by atoms with Crippen LogP contribution in [0, 0.1) is 0 Å². The zero-order chi connectivity index (χ0) is 11.3. The van der Waals surface area contributed by atoms with E-state index in [0.717, 1.165) is 5.69 Å². The number of hydrogen-bond acceptors (Lipinski definition) is 4. The SMILES string of the molecule is NCC(O)CNc1ccc(C(N)=O)cc1. The van der Waals surface area contributed by atoms with Crippen molar-refractivity contribution in [3.8, 4) is 0 Å². The zero-order valence-electron chi connectivity index (χ0n) is 8.31. The van der Waals surface area contributed by atoms with Gasteiger partial charge in [0.05, 0.1) is 6.10 Å². The lowest BCUT2D eigenvalue weighted by Gasteiger charge is -2.10. The Morgan fingerprint density at radius 1 is 1.40 bits per heavy atom. The third-order valence-electron chi connectivity index (χ3n) is 1.98. The van der Waals surface area contributed by atoms with Crippen LogP contribution in [0.25, 0.3) is 0 Å². The van der Waals surface area contributed by atoms with E-state index >= 15 is 0 Å². The van der Waals surface area contributed by atoms with Crippen molar-refractivity contribution in [1.29, 1.82) is 0 Å². The summed E-state index contributed by atoms with van der Waals surface area (Å²) in [7, 11) is 0. The molecule has 0 fully saturated rings. The van der Waals surface area contributed by atoms with Crippen LogP contribution in [0.3, 0.4) is 0 Å². The van der Waals surface area contributed by atoms with E-state index in [1.165, 1.54) is 0 Å². The Kier molecular flexibility index (Phi) is 4.08. The minimum absolute atomic E-state index is 0.215. The molecule has 0 aliphatic rings. The molecule has 5 nitrogen and oxygen atoms in total. The number of nitrogens with one attached hydrogen (secondary N) is 1. The van der Waals surface area contributed by atoms with Gasteiger partial charge in [-0.2, -0.15) is 0 Å². The highest BCUT2D eigenvalue weighted by Crippen LogP contribution is 2.08. The Morgan fingerprint density at radius 3 is 2.47 bits per heavy atom. The van der Waals surface area contributed by atoms with Crippen molar-refractivity contribution in [2.24, 2.45) is 11.5 Å². The first-order valence-electron chi connectivity index (χ1n) is 4.65. The molecule has 0 radical (unpaired) electrons. The molecule has 0 aliphatic heterocycles. The summed E-state index contributed by atoms with van der Waals surface area (Å²) in [5, 5.41) is 12.2. The normalized spacial score (nSPS) is 12.1. The van der Waals surface area contributed by atoms with E-state index in [1.54, 1.807) is 24.3 Å². The maximum atomic E-state index is 10.8. The molecule has 1 aromatic carbocycles. The molecular weight excluding hydrogens is 194 g/mol. The van der Waals surface area contributed by atoms with E-state index in [1.807, 2.05) is 0 Å². The fourth-order valence-electron chi connectivity index (χ4n) is 1.07. The summed E-state index contributed by atoms with van der Waals surface area (Å²) >= 11 is 0. The number of rotatable bonds is 5. The first kappa shape index (κ1) is 11.5. The van der Waals surface area contributed by atoms with Crippen molar-refractivity contribution in [3.05, 3.63) is 29.8 Å². The minimum atomic E-state index is -0.569. The fraction of sp³-hybridized carbons (Fsp3) is 0.300. The van der Waals surface area contributed by atoms with Crippen molar-refractivity contribution in [1.82, 2.24) is 0 Å². The molecule has 15 heavy (non-hydrogen) atoms. The van der Waals surface area contributed by atoms with Gasteiger partial charge in [-0.3, -0.25) is 4.79 Å². The van der Waals surface area contributed by atoms with E-state index < -0.39 is 12.0 Å². The van der Waals surface area contributed by atoms with Gasteiger partial charge in [-0.15, -0.1) is 0 Å². The van der Waals surface area contributed by atoms with Crippen LogP contribution in [0.15, 0.2) is 24.3 Å². The quantitative estimate of drug-likeness (QED) is 0.526. The van der Waals surface area contributed by atoms with E-state index in [2.05, 4.69) is 5.32 Å². The molecule has 0 spiro atoms. The number of hydrogen-bond donors (Lipinski definition) is 4. The number of benzene rings is 1. The summed E-state index contributed by atoms with van der Waals surface area (Å²) in [5.74, 6) is -0.455. The number of amides is 1. The standard InChI is InChI=1S/C10H15N3O2/c11-5-9(14)6-13-8-3-1-7(2-4-8)10(12)15/h1-4,9,13-14H,5-6,11H2,(H2,12,15). The molecule has 0 bridgehead atoms. The maximum absolute atomic E-state index is 10.8. The highest BCUT2D eigenvalue weighted by molar-refractivity contribution is 5.93. The Bertz CT molecular complexity index is 324. The van der Waals surface area contributed by atoms with Gasteiger partial charge in [0.2, 0.25) is 5.91 Å². The summed E-state index contributed by atoms with van der Waals surface area (Å²) in [6, 6.07) is 6.70. The van der Waals surface area contributed by atoms with Crippen molar-refractivity contribution >= 4 is 11.6 Å². The molecule has 1 rings (SSSR count). The molecule has 82 valence electrons. The van der Waals surface area contributed by atoms with Gasteiger partial charge >= 0.3 is 0 Å². The monoisotopic (exact) mass is 209 g/mol. The lowest BCUT2D eigenvalue weighted by atomic mass is 10.2. The molecule has 1 aromatic rings. The fourth-order valence-corrected chi connectivity index (χ4v) is 1.07. The van der Waals surface area contributed by atoms with E-state index in [-0.39, 0.29) is 6.54 Å². The molecule has 1 unspecified atom stereocenters. The first-order chi connectivity index (χ1) is 7.13. The van der Waals surface area contributed by atoms with Crippen LogP contribution in [0.5, 0.6) is 0 Å². The van der Waals surface area contributed by atoms with Crippen LogP contribution in [-0.2, 0) is 0 Å². The van der Waals surface area contributed by atoms with Crippen LogP contribution in [0.4, 0.5) is 5.69 Å². The van der Waals surface area contributed by atoms with Crippen molar-refractivity contribution < 1.29 is 9.90 Å². The van der Waals surface area contributed by atoms with Crippen LogP contribution in [0.1, 0.15) is 10.4 Å². The molecule has 5 heteroatoms. The van der Waals surface area contributed by atoms with Gasteiger partial charge < -0.3 is 21.9 Å². The molecule has 1 amide bonds. The summed E-state index contributed by atoms with van der Waals surface area (Å²) in [4.78, 5) is 10.8. The number of carbonyl (C=O) groups excluding carboxylic acids is 1. The van der Waals surface area contributed by atoms with E-state index in [9.17, 15) is 9.90 Å². The number of anilines is 1. The Morgan fingerprint density at radius 2 is 2.00 bits per heavy atom. The number of nitrogens with two attached hydrogens (primary N) is 2. The van der Waals surface area contributed by atoms with Crippen molar-refractivity contribution in [3.63, 3.8) is 0 Å². The molecule has 0 heterocycles. The lowest BCUT2D eigenvalue weighted by Crippen LogP contribution is -2.27. The zero-order valence-corrected chi connectivity index (χ0v) is 8.31. The second-order valence-electron chi connectivity index (χ2n) is 3.21. The van der Waals surface area contributed by atoms with Gasteiger partial charge in [-0.1, -0.05) is 0 Å². The molecular formula is C10H15N3O2. The number of primary amides is 1. The molecule has 0 saturated carbocycles. The largest absolute Gasteiger partial charge is 0.390 e. The van der Waals surface area contributed by atoms with Crippen molar-refractivity contribution in [2.75, 3.05) is 18.4 Å². The summed E-state index contributed by atoms with van der Waals surface area (Å²) < 4.78 is 0. The summed E-state index contributed by atoms with van der Waals surface area (Å²) in [5.41, 5.74) is 11.6. The van der Waals surface area contributed by atoms with E-state index in [4.69, 9.17) is 11.5 Å². The van der Waals surface area contributed by atoms with Crippen LogP contribution >= 0.6 is 0 Å². The predicted molar refractivity (Wildman–Crippen MR) is 58.5 cm³/mol. The van der Waals surface area contributed by atoms with Crippen LogP contribution in [0.2, 0.25) is 0 Å². The Hall–Kier alpha value is -1.59. The Balaban J connectivity index is 2.53. The average molecular weight is 209 g/mol. The predicted octanol–water partition coefficient (Wildman–Crippen LogP) is -0.483. The van der Waals surface area contributed by atoms with E-state index in [0.29, 0.717) is 12.1 Å². The summed E-state index contributed by atoms with van der Waals surface area (Å²) in [6.07, 6.45) is -0.569. The van der Waals surface area contributed by atoms with Gasteiger partial charge in [0.15, 0.2) is 0 Å². The summed E-state index contributed by atoms with van der Waals surface area (Å²) in [6.45, 7) is 0.596. The third-order valence-corrected chi connectivity index (χ3v) is 1.98. The molecule has 0 aliphatic carbocycles. The van der Waals surface area contributed by atoms with Gasteiger partial charge in [-0.05, 0) is 24.3 Å². The molecule has 1 atom stereocenters. The minimum Gasteiger partial charge on any atom is -0.390 e. The highest BCUT2D eigenvalue weighted by atomic mass is 16.3. The smallest absolute Gasteiger partial charge is 0.248 e.